The number of carbonyl (C=O) groups excluding carboxylic acids is 1. The number of carbonyl (C=O) groups is 1. The molecular formula is C24H30NO2+. The average molecular weight is 365 g/mol. The lowest BCUT2D eigenvalue weighted by molar-refractivity contribution is -0.959. The van der Waals surface area contributed by atoms with Crippen molar-refractivity contribution in [2.75, 3.05) is 19.6 Å². The summed E-state index contributed by atoms with van der Waals surface area (Å²) in [6.45, 7) is 9.83. The van der Waals surface area contributed by atoms with E-state index in [1.54, 1.807) is 0 Å². The molecule has 0 spiro atoms. The highest BCUT2D eigenvalue weighted by Crippen LogP contribution is 2.51. The van der Waals surface area contributed by atoms with Gasteiger partial charge in [0.1, 0.15) is 11.8 Å². The second kappa shape index (κ2) is 7.12. The Hall–Kier alpha value is -2.13. The summed E-state index contributed by atoms with van der Waals surface area (Å²) in [5.41, 5.74) is 6.73. The number of rotatable bonds is 5. The number of quaternary nitrogens is 1. The minimum absolute atomic E-state index is 0.252. The summed E-state index contributed by atoms with van der Waals surface area (Å²) in [5, 5.41) is 0. The van der Waals surface area contributed by atoms with Crippen LogP contribution in [0, 0.1) is 0 Å². The number of hydrogen-bond acceptors (Lipinski definition) is 2. The molecular weight excluding hydrogens is 334 g/mol. The molecule has 3 heteroatoms. The first-order chi connectivity index (χ1) is 13.1. The molecule has 27 heavy (non-hydrogen) atoms. The Labute approximate surface area is 162 Å². The van der Waals surface area contributed by atoms with E-state index in [0.29, 0.717) is 11.8 Å². The molecule has 1 atom stereocenters. The number of fused-ring (bicyclic) bond motifs is 2. The zero-order valence-electron chi connectivity index (χ0n) is 16.8. The van der Waals surface area contributed by atoms with Crippen LogP contribution < -0.4 is 4.74 Å². The molecule has 0 radical (unpaired) electrons. The molecule has 1 aliphatic heterocycles. The normalized spacial score (nSPS) is 19.1. The second-order valence-corrected chi connectivity index (χ2v) is 8.12. The van der Waals surface area contributed by atoms with Gasteiger partial charge in [-0.05, 0) is 35.6 Å². The van der Waals surface area contributed by atoms with Crippen LogP contribution >= 0.6 is 0 Å². The van der Waals surface area contributed by atoms with E-state index in [9.17, 15) is 4.79 Å². The third-order valence-corrected chi connectivity index (χ3v) is 6.40. The Morgan fingerprint density at radius 2 is 1.78 bits per heavy atom. The number of hydrogen-bond donors (Lipinski definition) is 0. The number of benzene rings is 2. The minimum atomic E-state index is -0.252. The Morgan fingerprint density at radius 1 is 1.07 bits per heavy atom. The lowest BCUT2D eigenvalue weighted by Gasteiger charge is -2.50. The van der Waals surface area contributed by atoms with Gasteiger partial charge >= 0.3 is 5.97 Å². The number of esters is 1. The van der Waals surface area contributed by atoms with Gasteiger partial charge in [-0.2, -0.15) is 0 Å². The smallest absolute Gasteiger partial charge is 0.308 e. The third-order valence-electron chi connectivity index (χ3n) is 6.40. The van der Waals surface area contributed by atoms with E-state index >= 15 is 0 Å². The molecule has 2 aromatic carbocycles. The minimum Gasteiger partial charge on any atom is -0.426 e. The van der Waals surface area contributed by atoms with E-state index in [4.69, 9.17) is 4.74 Å². The van der Waals surface area contributed by atoms with Gasteiger partial charge in [-0.3, -0.25) is 4.79 Å². The highest BCUT2D eigenvalue weighted by Gasteiger charge is 2.45. The van der Waals surface area contributed by atoms with E-state index in [-0.39, 0.29) is 5.97 Å². The third kappa shape index (κ3) is 2.98. The van der Waals surface area contributed by atoms with Crippen LogP contribution in [0.2, 0.25) is 0 Å². The summed E-state index contributed by atoms with van der Waals surface area (Å²) in [6.07, 6.45) is 4.61. The maximum atomic E-state index is 11.7. The Bertz CT molecular complexity index is 865. The zero-order chi connectivity index (χ0) is 19.0. The fourth-order valence-electron chi connectivity index (χ4n) is 5.55. The first-order valence-electron chi connectivity index (χ1n) is 10.4. The molecule has 1 heterocycles. The van der Waals surface area contributed by atoms with E-state index in [1.807, 2.05) is 12.1 Å². The van der Waals surface area contributed by atoms with Crippen molar-refractivity contribution in [2.45, 2.75) is 52.5 Å². The highest BCUT2D eigenvalue weighted by molar-refractivity contribution is 5.83. The van der Waals surface area contributed by atoms with Crippen LogP contribution in [0.15, 0.2) is 36.4 Å². The summed E-state index contributed by atoms with van der Waals surface area (Å²) >= 11 is 0. The Morgan fingerprint density at radius 3 is 2.48 bits per heavy atom. The monoisotopic (exact) mass is 364 g/mol. The van der Waals surface area contributed by atoms with Crippen LogP contribution in [-0.2, 0) is 17.6 Å². The van der Waals surface area contributed by atoms with Gasteiger partial charge < -0.3 is 9.22 Å². The Kier molecular flexibility index (Phi) is 4.81. The summed E-state index contributed by atoms with van der Waals surface area (Å²) < 4.78 is 6.80. The molecule has 0 amide bonds. The van der Waals surface area contributed by atoms with E-state index < -0.39 is 0 Å². The molecule has 4 rings (SSSR count). The van der Waals surface area contributed by atoms with Gasteiger partial charge in [0.2, 0.25) is 0 Å². The van der Waals surface area contributed by atoms with Crippen molar-refractivity contribution < 1.29 is 14.0 Å². The van der Waals surface area contributed by atoms with E-state index in [2.05, 4.69) is 38.1 Å². The SMILES string of the molecule is CCC[N+]1(CCC)CCc2cccc3c2C1Cc1cccc(OC(C)=O)c1-3. The molecule has 1 unspecified atom stereocenters. The maximum absolute atomic E-state index is 11.7. The van der Waals surface area contributed by atoms with Crippen LogP contribution in [-0.4, -0.2) is 30.1 Å². The van der Waals surface area contributed by atoms with Crippen LogP contribution in [0.25, 0.3) is 11.1 Å². The number of nitrogens with zero attached hydrogens (tertiary/aromatic N) is 1. The first-order valence-corrected chi connectivity index (χ1v) is 10.4. The van der Waals surface area contributed by atoms with Crippen molar-refractivity contribution in [1.29, 1.82) is 0 Å². The summed E-state index contributed by atoms with van der Waals surface area (Å²) in [7, 11) is 0. The second-order valence-electron chi connectivity index (χ2n) is 8.12. The lowest BCUT2D eigenvalue weighted by atomic mass is 9.75. The van der Waals surface area contributed by atoms with Gasteiger partial charge in [0.15, 0.2) is 0 Å². The van der Waals surface area contributed by atoms with Crippen molar-refractivity contribution in [2.24, 2.45) is 0 Å². The molecule has 0 N–H and O–H groups in total. The standard InChI is InChI=1S/C24H30NO2/c1-4-13-25(14-5-2)15-12-18-8-6-10-20-23(18)21(25)16-19-9-7-11-22(24(19)20)27-17(3)26/h6-11,21H,4-5,12-16H2,1-3H3/q+1. The van der Waals surface area contributed by atoms with Gasteiger partial charge in [0.05, 0.1) is 19.6 Å². The Balaban J connectivity index is 1.91. The molecule has 0 aromatic heterocycles. The van der Waals surface area contributed by atoms with Crippen molar-refractivity contribution >= 4 is 5.97 Å². The largest absolute Gasteiger partial charge is 0.426 e. The van der Waals surface area contributed by atoms with Gasteiger partial charge in [-0.15, -0.1) is 0 Å². The molecule has 0 bridgehead atoms. The van der Waals surface area contributed by atoms with Gasteiger partial charge in [0, 0.05) is 30.9 Å². The van der Waals surface area contributed by atoms with Crippen LogP contribution in [0.3, 0.4) is 0 Å². The van der Waals surface area contributed by atoms with Crippen molar-refractivity contribution in [1.82, 2.24) is 0 Å². The fraction of sp³-hybridized carbons (Fsp3) is 0.458. The predicted octanol–water partition coefficient (Wildman–Crippen LogP) is 5.07. The van der Waals surface area contributed by atoms with Crippen LogP contribution in [0.1, 0.15) is 56.3 Å². The molecule has 2 aliphatic rings. The topological polar surface area (TPSA) is 26.3 Å². The first kappa shape index (κ1) is 18.2. The fourth-order valence-corrected chi connectivity index (χ4v) is 5.55. The van der Waals surface area contributed by atoms with Gasteiger partial charge in [-0.25, -0.2) is 0 Å². The van der Waals surface area contributed by atoms with E-state index in [1.165, 1.54) is 66.1 Å². The molecule has 0 saturated carbocycles. The average Bonchev–Trinajstić information content (AvgIpc) is 2.65. The summed E-state index contributed by atoms with van der Waals surface area (Å²) in [4.78, 5) is 11.7. The van der Waals surface area contributed by atoms with E-state index in [0.717, 1.165) is 18.4 Å². The number of ether oxygens (including phenoxy) is 1. The maximum Gasteiger partial charge on any atom is 0.308 e. The lowest BCUT2D eigenvalue weighted by Crippen LogP contribution is -2.56. The zero-order valence-corrected chi connectivity index (χ0v) is 16.8. The summed E-state index contributed by atoms with van der Waals surface area (Å²) in [6, 6.07) is 13.4. The quantitative estimate of drug-likeness (QED) is 0.421. The van der Waals surface area contributed by atoms with Gasteiger partial charge in [0.25, 0.3) is 0 Å². The van der Waals surface area contributed by atoms with Crippen molar-refractivity contribution in [3.63, 3.8) is 0 Å². The molecule has 2 aromatic rings. The molecule has 3 nitrogen and oxygen atoms in total. The predicted molar refractivity (Wildman–Crippen MR) is 109 cm³/mol. The molecule has 0 fully saturated rings. The van der Waals surface area contributed by atoms with Gasteiger partial charge in [-0.1, -0.05) is 44.2 Å². The molecule has 142 valence electrons. The van der Waals surface area contributed by atoms with Crippen molar-refractivity contribution in [3.05, 3.63) is 53.1 Å². The molecule has 1 aliphatic carbocycles. The highest BCUT2D eigenvalue weighted by atomic mass is 16.5. The van der Waals surface area contributed by atoms with Crippen LogP contribution in [0.4, 0.5) is 0 Å². The summed E-state index contributed by atoms with van der Waals surface area (Å²) in [5.74, 6) is 0.457. The van der Waals surface area contributed by atoms with Crippen molar-refractivity contribution in [3.8, 4) is 16.9 Å². The van der Waals surface area contributed by atoms with Crippen LogP contribution in [0.5, 0.6) is 5.75 Å². The molecule has 0 saturated heterocycles.